The van der Waals surface area contributed by atoms with E-state index in [-0.39, 0.29) is 16.9 Å². The average Bonchev–Trinajstić information content (AvgIpc) is 2.65. The second-order valence-corrected chi connectivity index (χ2v) is 8.58. The van der Waals surface area contributed by atoms with Crippen molar-refractivity contribution in [3.8, 4) is 17.6 Å². The maximum atomic E-state index is 12.8. The second kappa shape index (κ2) is 7.67. The van der Waals surface area contributed by atoms with Crippen molar-refractivity contribution in [2.24, 2.45) is 0 Å². The number of ether oxygens (including phenoxy) is 1. The molecule has 31 heavy (non-hydrogen) atoms. The van der Waals surface area contributed by atoms with Gasteiger partial charge >= 0.3 is 21.6 Å². The molecule has 0 aliphatic carbocycles. The summed E-state index contributed by atoms with van der Waals surface area (Å²) in [6, 6.07) is 10.1. The Labute approximate surface area is 176 Å². The smallest absolute Gasteiger partial charge is 0.483 e. The number of hydrogen-bond acceptors (Lipinski definition) is 5. The van der Waals surface area contributed by atoms with Crippen LogP contribution in [0.1, 0.15) is 40.9 Å². The molecule has 6 nitrogen and oxygen atoms in total. The van der Waals surface area contributed by atoms with Crippen molar-refractivity contribution in [2.45, 2.75) is 25.0 Å². The Kier molecular flexibility index (Phi) is 5.50. The number of alkyl halides is 3. The van der Waals surface area contributed by atoms with Gasteiger partial charge in [-0.1, -0.05) is 11.8 Å². The van der Waals surface area contributed by atoms with Crippen LogP contribution >= 0.6 is 0 Å². The Morgan fingerprint density at radius 3 is 2.23 bits per heavy atom. The van der Waals surface area contributed by atoms with Crippen LogP contribution in [0.5, 0.6) is 5.75 Å². The van der Waals surface area contributed by atoms with Gasteiger partial charge in [0.15, 0.2) is 5.76 Å². The highest BCUT2D eigenvalue weighted by molar-refractivity contribution is 7.87. The molecule has 0 unspecified atom stereocenters. The van der Waals surface area contributed by atoms with E-state index in [9.17, 15) is 26.4 Å². The van der Waals surface area contributed by atoms with Crippen molar-refractivity contribution < 1.29 is 40.4 Å². The van der Waals surface area contributed by atoms with Crippen LogP contribution in [-0.2, 0) is 14.3 Å². The monoisotopic (exact) mass is 452 g/mol. The summed E-state index contributed by atoms with van der Waals surface area (Å²) in [6.45, 7) is 3.07. The predicted octanol–water partition coefficient (Wildman–Crippen LogP) is 4.16. The summed E-state index contributed by atoms with van der Waals surface area (Å²) in [7, 11) is -5.88. The zero-order valence-corrected chi connectivity index (χ0v) is 17.0. The Morgan fingerprint density at radius 1 is 1.06 bits per heavy atom. The van der Waals surface area contributed by atoms with Crippen LogP contribution in [0, 0.1) is 11.8 Å². The Hall–Kier alpha value is -3.45. The predicted molar refractivity (Wildman–Crippen MR) is 105 cm³/mol. The maximum Gasteiger partial charge on any atom is 0.534 e. The lowest BCUT2D eigenvalue weighted by Gasteiger charge is -2.30. The SMILES string of the molecule is CC1(C)C=C(OS(=O)(=O)C(F)(F)F)c2cc(C#Cc3ccc(C(=O)O)cc3)ccc2O1. The highest BCUT2D eigenvalue weighted by atomic mass is 32.2. The topological polar surface area (TPSA) is 89.9 Å². The standard InChI is InChI=1S/C21H15F3O6S/c1-20(2)12-18(30-31(27,28)21(22,23)24)16-11-14(7-10-17(16)29-20)4-3-13-5-8-15(9-6-13)19(25)26/h5-12H,1-2H3,(H,25,26). The molecule has 0 bridgehead atoms. The summed E-state index contributed by atoms with van der Waals surface area (Å²) < 4.78 is 71.5. The van der Waals surface area contributed by atoms with Gasteiger partial charge in [0.05, 0.1) is 11.1 Å². The van der Waals surface area contributed by atoms with Gasteiger partial charge in [-0.05, 0) is 56.3 Å². The second-order valence-electron chi connectivity index (χ2n) is 7.04. The molecule has 10 heteroatoms. The molecule has 0 saturated carbocycles. The molecule has 0 amide bonds. The van der Waals surface area contributed by atoms with E-state index in [1.807, 2.05) is 0 Å². The minimum Gasteiger partial charge on any atom is -0.483 e. The summed E-state index contributed by atoms with van der Waals surface area (Å²) in [6.07, 6.45) is 1.14. The van der Waals surface area contributed by atoms with Gasteiger partial charge in [0, 0.05) is 17.2 Å². The van der Waals surface area contributed by atoms with Gasteiger partial charge in [-0.15, -0.1) is 0 Å². The lowest BCUT2D eigenvalue weighted by atomic mass is 9.99. The van der Waals surface area contributed by atoms with Crippen molar-refractivity contribution in [1.82, 2.24) is 0 Å². The summed E-state index contributed by atoms with van der Waals surface area (Å²) in [5.41, 5.74) is -5.74. The van der Waals surface area contributed by atoms with E-state index in [2.05, 4.69) is 16.0 Å². The molecule has 0 saturated heterocycles. The number of aromatic carboxylic acids is 1. The molecule has 162 valence electrons. The molecule has 0 spiro atoms. The van der Waals surface area contributed by atoms with Crippen molar-refractivity contribution in [3.63, 3.8) is 0 Å². The molecule has 3 rings (SSSR count). The highest BCUT2D eigenvalue weighted by Gasteiger charge is 2.49. The average molecular weight is 452 g/mol. The minimum absolute atomic E-state index is 0.000162. The van der Waals surface area contributed by atoms with E-state index < -0.39 is 33.0 Å². The van der Waals surface area contributed by atoms with Gasteiger partial charge in [0.25, 0.3) is 0 Å². The molecular formula is C21H15F3O6S. The molecule has 0 radical (unpaired) electrons. The largest absolute Gasteiger partial charge is 0.534 e. The third-order valence-electron chi connectivity index (χ3n) is 4.06. The summed E-state index contributed by atoms with van der Waals surface area (Å²) in [5.74, 6) is 4.12. The number of halogens is 3. The molecule has 1 N–H and O–H groups in total. The van der Waals surface area contributed by atoms with Gasteiger partial charge < -0.3 is 14.0 Å². The zero-order chi connectivity index (χ0) is 23.0. The molecule has 1 heterocycles. The van der Waals surface area contributed by atoms with Crippen molar-refractivity contribution in [2.75, 3.05) is 0 Å². The van der Waals surface area contributed by atoms with Crippen LogP contribution < -0.4 is 4.74 Å². The van der Waals surface area contributed by atoms with E-state index in [0.717, 1.165) is 6.08 Å². The molecule has 1 aliphatic heterocycles. The molecule has 2 aromatic carbocycles. The first-order valence-electron chi connectivity index (χ1n) is 8.70. The van der Waals surface area contributed by atoms with Gasteiger partial charge in [-0.2, -0.15) is 21.6 Å². The minimum atomic E-state index is -5.88. The van der Waals surface area contributed by atoms with Crippen LogP contribution in [0.3, 0.4) is 0 Å². The van der Waals surface area contributed by atoms with E-state index >= 15 is 0 Å². The summed E-state index contributed by atoms with van der Waals surface area (Å²) >= 11 is 0. The van der Waals surface area contributed by atoms with Crippen molar-refractivity contribution >= 4 is 21.8 Å². The number of fused-ring (bicyclic) bond motifs is 1. The van der Waals surface area contributed by atoms with Gasteiger partial charge in [-0.25, -0.2) is 4.79 Å². The Balaban J connectivity index is 1.97. The normalized spacial score (nSPS) is 14.9. The number of carbonyl (C=O) groups is 1. The van der Waals surface area contributed by atoms with Crippen LogP contribution in [0.15, 0.2) is 48.5 Å². The molecular weight excluding hydrogens is 437 g/mol. The van der Waals surface area contributed by atoms with E-state index in [4.69, 9.17) is 9.84 Å². The summed E-state index contributed by atoms with van der Waals surface area (Å²) in [5, 5.41) is 8.91. The quantitative estimate of drug-likeness (QED) is 0.427. The van der Waals surface area contributed by atoms with Gasteiger partial charge in [0.2, 0.25) is 0 Å². The first-order valence-corrected chi connectivity index (χ1v) is 10.1. The van der Waals surface area contributed by atoms with Crippen LogP contribution in [0.4, 0.5) is 13.2 Å². The Morgan fingerprint density at radius 2 is 1.65 bits per heavy atom. The van der Waals surface area contributed by atoms with E-state index in [1.54, 1.807) is 6.07 Å². The molecule has 0 aromatic heterocycles. The first-order chi connectivity index (χ1) is 14.3. The lowest BCUT2D eigenvalue weighted by Crippen LogP contribution is -2.31. The maximum absolute atomic E-state index is 12.8. The van der Waals surface area contributed by atoms with Crippen molar-refractivity contribution in [1.29, 1.82) is 0 Å². The molecule has 1 aliphatic rings. The number of carboxylic acid groups (broad SMARTS) is 1. The third kappa shape index (κ3) is 5.00. The lowest BCUT2D eigenvalue weighted by molar-refractivity contribution is -0.0510. The number of rotatable bonds is 3. The van der Waals surface area contributed by atoms with Gasteiger partial charge in [0.1, 0.15) is 11.4 Å². The molecule has 0 atom stereocenters. The fourth-order valence-electron chi connectivity index (χ4n) is 2.67. The van der Waals surface area contributed by atoms with Crippen LogP contribution in [-0.4, -0.2) is 30.6 Å². The van der Waals surface area contributed by atoms with E-state index in [1.165, 1.54) is 50.2 Å². The van der Waals surface area contributed by atoms with Crippen LogP contribution in [0.25, 0.3) is 5.76 Å². The zero-order valence-electron chi connectivity index (χ0n) is 16.1. The Bertz CT molecular complexity index is 1230. The first kappa shape index (κ1) is 22.2. The van der Waals surface area contributed by atoms with Crippen LogP contribution in [0.2, 0.25) is 0 Å². The molecule has 0 fully saturated rings. The number of benzene rings is 2. The number of hydrogen-bond donors (Lipinski definition) is 1. The van der Waals surface area contributed by atoms with Gasteiger partial charge in [-0.3, -0.25) is 0 Å². The molecule has 2 aromatic rings. The highest BCUT2D eigenvalue weighted by Crippen LogP contribution is 2.39. The fraction of sp³-hybridized carbons (Fsp3) is 0.190. The fourth-order valence-corrected chi connectivity index (χ4v) is 3.14. The number of carboxylic acids is 1. The third-order valence-corrected chi connectivity index (χ3v) is 5.03. The summed E-state index contributed by atoms with van der Waals surface area (Å²) in [4.78, 5) is 10.9. The van der Waals surface area contributed by atoms with Crippen molar-refractivity contribution in [3.05, 3.63) is 70.8 Å². The van der Waals surface area contributed by atoms with E-state index in [0.29, 0.717) is 11.1 Å².